The van der Waals surface area contributed by atoms with E-state index in [0.717, 1.165) is 0 Å². The van der Waals surface area contributed by atoms with E-state index in [-0.39, 0.29) is 5.91 Å². The summed E-state index contributed by atoms with van der Waals surface area (Å²) in [4.78, 5) is 24.4. The number of thioether (sulfide) groups is 1. The SMILES string of the molecule is O=C(O)[C@@H]1CSCN1C(=O)c1ccccc1. The van der Waals surface area contributed by atoms with Gasteiger partial charge in [0.15, 0.2) is 0 Å². The van der Waals surface area contributed by atoms with E-state index >= 15 is 0 Å². The minimum Gasteiger partial charge on any atom is -0.480 e. The first-order chi connectivity index (χ1) is 7.70. The third-order valence-electron chi connectivity index (χ3n) is 2.45. The predicted octanol–water partition coefficient (Wildman–Crippen LogP) is 1.29. The van der Waals surface area contributed by atoms with Crippen molar-refractivity contribution in [3.05, 3.63) is 35.9 Å². The number of carbonyl (C=O) groups excluding carboxylic acids is 1. The van der Waals surface area contributed by atoms with E-state index in [1.54, 1.807) is 24.3 Å². The van der Waals surface area contributed by atoms with Crippen LogP contribution in [0.4, 0.5) is 0 Å². The molecular weight excluding hydrogens is 226 g/mol. The summed E-state index contributed by atoms with van der Waals surface area (Å²) in [7, 11) is 0. The topological polar surface area (TPSA) is 57.6 Å². The number of carbonyl (C=O) groups is 2. The van der Waals surface area contributed by atoms with Gasteiger partial charge in [0.05, 0.1) is 5.88 Å². The number of benzene rings is 1. The molecule has 1 aromatic rings. The fourth-order valence-electron chi connectivity index (χ4n) is 1.59. The largest absolute Gasteiger partial charge is 0.480 e. The number of carboxylic acid groups (broad SMARTS) is 1. The van der Waals surface area contributed by atoms with Crippen molar-refractivity contribution < 1.29 is 14.7 Å². The second-order valence-corrected chi connectivity index (χ2v) is 4.49. The Bertz CT molecular complexity index is 407. The molecule has 0 aromatic heterocycles. The maximum atomic E-state index is 12.0. The van der Waals surface area contributed by atoms with Crippen LogP contribution < -0.4 is 0 Å². The van der Waals surface area contributed by atoms with Gasteiger partial charge in [-0.3, -0.25) is 4.79 Å². The summed E-state index contributed by atoms with van der Waals surface area (Å²) in [5.74, 6) is -0.231. The van der Waals surface area contributed by atoms with Crippen molar-refractivity contribution in [3.8, 4) is 0 Å². The van der Waals surface area contributed by atoms with Crippen LogP contribution >= 0.6 is 11.8 Å². The Morgan fingerprint density at radius 1 is 1.31 bits per heavy atom. The zero-order chi connectivity index (χ0) is 11.5. The minimum absolute atomic E-state index is 0.210. The summed E-state index contributed by atoms with van der Waals surface area (Å²) in [6.45, 7) is 0. The first kappa shape index (κ1) is 11.0. The van der Waals surface area contributed by atoms with Crippen molar-refractivity contribution in [1.82, 2.24) is 4.90 Å². The highest BCUT2D eigenvalue weighted by Gasteiger charge is 2.34. The highest BCUT2D eigenvalue weighted by Crippen LogP contribution is 2.23. The van der Waals surface area contributed by atoms with Crippen molar-refractivity contribution >= 4 is 23.6 Å². The van der Waals surface area contributed by atoms with Crippen molar-refractivity contribution in [1.29, 1.82) is 0 Å². The fraction of sp³-hybridized carbons (Fsp3) is 0.273. The molecule has 1 aromatic carbocycles. The molecule has 1 aliphatic heterocycles. The molecule has 0 unspecified atom stereocenters. The molecule has 0 saturated carbocycles. The van der Waals surface area contributed by atoms with Crippen LogP contribution in [-0.2, 0) is 4.79 Å². The molecule has 1 N–H and O–H groups in total. The van der Waals surface area contributed by atoms with Gasteiger partial charge in [0.2, 0.25) is 0 Å². The Morgan fingerprint density at radius 3 is 2.62 bits per heavy atom. The van der Waals surface area contributed by atoms with Crippen LogP contribution in [0.15, 0.2) is 30.3 Å². The second kappa shape index (κ2) is 4.57. The molecule has 16 heavy (non-hydrogen) atoms. The zero-order valence-corrected chi connectivity index (χ0v) is 9.31. The number of aliphatic carboxylic acids is 1. The lowest BCUT2D eigenvalue weighted by atomic mass is 10.2. The van der Waals surface area contributed by atoms with Crippen LogP contribution in [0.2, 0.25) is 0 Å². The third kappa shape index (κ3) is 2.04. The van der Waals surface area contributed by atoms with Gasteiger partial charge in [-0.1, -0.05) is 18.2 Å². The Balaban J connectivity index is 2.19. The van der Waals surface area contributed by atoms with Crippen molar-refractivity contribution in [2.45, 2.75) is 6.04 Å². The van der Waals surface area contributed by atoms with E-state index in [4.69, 9.17) is 5.11 Å². The fourth-order valence-corrected chi connectivity index (χ4v) is 2.74. The maximum Gasteiger partial charge on any atom is 0.327 e. The summed E-state index contributed by atoms with van der Waals surface area (Å²) >= 11 is 1.47. The lowest BCUT2D eigenvalue weighted by Gasteiger charge is -2.20. The van der Waals surface area contributed by atoms with Crippen molar-refractivity contribution in [3.63, 3.8) is 0 Å². The van der Waals surface area contributed by atoms with E-state index in [1.165, 1.54) is 16.7 Å². The Morgan fingerprint density at radius 2 is 2.00 bits per heavy atom. The molecule has 0 radical (unpaired) electrons. The lowest BCUT2D eigenvalue weighted by molar-refractivity contribution is -0.140. The molecule has 1 fully saturated rings. The van der Waals surface area contributed by atoms with Gasteiger partial charge >= 0.3 is 5.97 Å². The quantitative estimate of drug-likeness (QED) is 0.842. The molecule has 1 amide bonds. The lowest BCUT2D eigenvalue weighted by Crippen LogP contribution is -2.41. The minimum atomic E-state index is -0.936. The maximum absolute atomic E-state index is 12.0. The zero-order valence-electron chi connectivity index (χ0n) is 8.50. The highest BCUT2D eigenvalue weighted by atomic mass is 32.2. The van der Waals surface area contributed by atoms with Gasteiger partial charge in [-0.2, -0.15) is 0 Å². The monoisotopic (exact) mass is 237 g/mol. The number of hydrogen-bond acceptors (Lipinski definition) is 3. The van der Waals surface area contributed by atoms with Gasteiger partial charge in [0.1, 0.15) is 6.04 Å². The Hall–Kier alpha value is -1.49. The van der Waals surface area contributed by atoms with Crippen LogP contribution in [0.25, 0.3) is 0 Å². The number of hydrogen-bond donors (Lipinski definition) is 1. The number of rotatable bonds is 2. The molecule has 0 aliphatic carbocycles. The van der Waals surface area contributed by atoms with Gasteiger partial charge in [0, 0.05) is 11.3 Å². The molecule has 5 heteroatoms. The van der Waals surface area contributed by atoms with E-state index in [1.807, 2.05) is 6.07 Å². The van der Waals surface area contributed by atoms with Gasteiger partial charge < -0.3 is 10.0 Å². The van der Waals surface area contributed by atoms with Crippen LogP contribution in [0.3, 0.4) is 0 Å². The molecule has 2 rings (SSSR count). The number of amides is 1. The van der Waals surface area contributed by atoms with Crippen LogP contribution in [0.5, 0.6) is 0 Å². The summed E-state index contributed by atoms with van der Waals surface area (Å²) in [5, 5.41) is 8.97. The van der Waals surface area contributed by atoms with E-state index in [2.05, 4.69) is 0 Å². The average molecular weight is 237 g/mol. The standard InChI is InChI=1S/C11H11NO3S/c13-10(8-4-2-1-3-5-8)12-7-16-6-9(12)11(14)15/h1-5,9H,6-7H2,(H,14,15)/t9-/m0/s1. The summed E-state index contributed by atoms with van der Waals surface area (Å²) in [5.41, 5.74) is 0.538. The second-order valence-electron chi connectivity index (χ2n) is 3.49. The molecule has 1 aliphatic rings. The van der Waals surface area contributed by atoms with Gasteiger partial charge in [-0.15, -0.1) is 11.8 Å². The van der Waals surface area contributed by atoms with Crippen LogP contribution in [-0.4, -0.2) is 39.6 Å². The first-order valence-corrected chi connectivity index (χ1v) is 6.02. The van der Waals surface area contributed by atoms with E-state index < -0.39 is 12.0 Å². The number of carboxylic acids is 1. The molecular formula is C11H11NO3S. The van der Waals surface area contributed by atoms with Crippen molar-refractivity contribution in [2.75, 3.05) is 11.6 Å². The van der Waals surface area contributed by atoms with Crippen molar-refractivity contribution in [2.24, 2.45) is 0 Å². The van der Waals surface area contributed by atoms with Crippen LogP contribution in [0.1, 0.15) is 10.4 Å². The van der Waals surface area contributed by atoms with E-state index in [0.29, 0.717) is 17.2 Å². The third-order valence-corrected chi connectivity index (χ3v) is 3.46. The Kier molecular flexibility index (Phi) is 3.14. The molecule has 0 spiro atoms. The normalized spacial score (nSPS) is 19.8. The van der Waals surface area contributed by atoms with Gasteiger partial charge in [-0.05, 0) is 12.1 Å². The molecule has 84 valence electrons. The summed E-state index contributed by atoms with van der Waals surface area (Å²) < 4.78 is 0. The number of nitrogens with zero attached hydrogens (tertiary/aromatic N) is 1. The van der Waals surface area contributed by atoms with Gasteiger partial charge in [-0.25, -0.2) is 4.79 Å². The smallest absolute Gasteiger partial charge is 0.327 e. The molecule has 1 atom stereocenters. The predicted molar refractivity (Wildman–Crippen MR) is 61.4 cm³/mol. The highest BCUT2D eigenvalue weighted by molar-refractivity contribution is 7.99. The van der Waals surface area contributed by atoms with E-state index in [9.17, 15) is 9.59 Å². The molecule has 0 bridgehead atoms. The molecule has 4 nitrogen and oxygen atoms in total. The summed E-state index contributed by atoms with van der Waals surface area (Å²) in [6.07, 6.45) is 0. The van der Waals surface area contributed by atoms with Gasteiger partial charge in [0.25, 0.3) is 5.91 Å². The molecule has 1 heterocycles. The summed E-state index contributed by atoms with van der Waals surface area (Å²) in [6, 6.07) is 8.06. The molecule has 1 saturated heterocycles. The van der Waals surface area contributed by atoms with Crippen LogP contribution in [0, 0.1) is 0 Å². The Labute approximate surface area is 97.3 Å². The average Bonchev–Trinajstić information content (AvgIpc) is 2.78. The first-order valence-electron chi connectivity index (χ1n) is 4.86.